The van der Waals surface area contributed by atoms with E-state index in [0.29, 0.717) is 36.3 Å². The molecular weight excluding hydrogens is 474 g/mol. The Morgan fingerprint density at radius 1 is 0.579 bits per heavy atom. The van der Waals surface area contributed by atoms with E-state index in [2.05, 4.69) is 12.1 Å². The first-order chi connectivity index (χ1) is 18.8. The standard InChI is InChI=1S/C33H29NO4/c1-35-29-19-18-27(20-30(29)36-2)31-32(37-22-24-12-6-3-7-13-24)28(26-16-10-5-11-17-26)21-34-33(31)38-23-25-14-8-4-9-15-25/h3-21H,22-23H2,1-2H3. The molecule has 0 spiro atoms. The fraction of sp³-hybridized carbons (Fsp3) is 0.121. The molecule has 0 atom stereocenters. The van der Waals surface area contributed by atoms with Crippen molar-refractivity contribution in [2.75, 3.05) is 14.2 Å². The lowest BCUT2D eigenvalue weighted by molar-refractivity contribution is 0.284. The second kappa shape index (κ2) is 12.0. The largest absolute Gasteiger partial charge is 0.493 e. The molecule has 0 saturated heterocycles. The predicted octanol–water partition coefficient (Wildman–Crippen LogP) is 7.59. The van der Waals surface area contributed by atoms with Gasteiger partial charge in [0.15, 0.2) is 11.5 Å². The van der Waals surface area contributed by atoms with Crippen LogP contribution < -0.4 is 18.9 Å². The van der Waals surface area contributed by atoms with Gasteiger partial charge in [0.25, 0.3) is 0 Å². The molecule has 0 fully saturated rings. The smallest absolute Gasteiger partial charge is 0.225 e. The molecule has 5 rings (SSSR count). The number of nitrogens with zero attached hydrogens (tertiary/aromatic N) is 1. The van der Waals surface area contributed by atoms with E-state index in [4.69, 9.17) is 23.9 Å². The van der Waals surface area contributed by atoms with Crippen molar-refractivity contribution in [3.8, 4) is 45.4 Å². The number of hydrogen-bond acceptors (Lipinski definition) is 5. The average Bonchev–Trinajstić information content (AvgIpc) is 2.99. The van der Waals surface area contributed by atoms with Gasteiger partial charge in [0.1, 0.15) is 19.0 Å². The van der Waals surface area contributed by atoms with E-state index in [-0.39, 0.29) is 0 Å². The van der Waals surface area contributed by atoms with E-state index in [1.54, 1.807) is 14.2 Å². The zero-order valence-electron chi connectivity index (χ0n) is 21.5. The molecule has 38 heavy (non-hydrogen) atoms. The normalized spacial score (nSPS) is 10.6. The summed E-state index contributed by atoms with van der Waals surface area (Å²) in [4.78, 5) is 4.79. The Morgan fingerprint density at radius 3 is 1.76 bits per heavy atom. The molecule has 0 amide bonds. The molecule has 0 N–H and O–H groups in total. The molecule has 0 radical (unpaired) electrons. The third-order valence-corrected chi connectivity index (χ3v) is 6.20. The van der Waals surface area contributed by atoms with Crippen molar-refractivity contribution in [2.45, 2.75) is 13.2 Å². The lowest BCUT2D eigenvalue weighted by Gasteiger charge is -2.20. The quantitative estimate of drug-likeness (QED) is 0.196. The topological polar surface area (TPSA) is 49.8 Å². The summed E-state index contributed by atoms with van der Waals surface area (Å²) in [5, 5.41) is 0. The highest BCUT2D eigenvalue weighted by Gasteiger charge is 2.22. The molecule has 0 bridgehead atoms. The van der Waals surface area contributed by atoms with Gasteiger partial charge in [-0.05, 0) is 34.4 Å². The number of methoxy groups -OCH3 is 2. The second-order valence-electron chi connectivity index (χ2n) is 8.67. The fourth-order valence-electron chi connectivity index (χ4n) is 4.26. The number of benzene rings is 4. The van der Waals surface area contributed by atoms with Crippen molar-refractivity contribution in [1.82, 2.24) is 4.98 Å². The van der Waals surface area contributed by atoms with E-state index in [1.165, 1.54) is 0 Å². The van der Waals surface area contributed by atoms with Gasteiger partial charge in [-0.3, -0.25) is 0 Å². The minimum atomic E-state index is 0.372. The number of ether oxygens (including phenoxy) is 4. The average molecular weight is 504 g/mol. The zero-order valence-corrected chi connectivity index (χ0v) is 21.5. The van der Waals surface area contributed by atoms with Gasteiger partial charge in [0.2, 0.25) is 5.88 Å². The first-order valence-corrected chi connectivity index (χ1v) is 12.4. The molecule has 1 heterocycles. The zero-order chi connectivity index (χ0) is 26.2. The van der Waals surface area contributed by atoms with Crippen LogP contribution in [0.3, 0.4) is 0 Å². The summed E-state index contributed by atoms with van der Waals surface area (Å²) in [5.74, 6) is 2.41. The molecule has 5 nitrogen and oxygen atoms in total. The molecule has 0 saturated carbocycles. The first-order valence-electron chi connectivity index (χ1n) is 12.4. The monoisotopic (exact) mass is 503 g/mol. The molecule has 190 valence electrons. The van der Waals surface area contributed by atoms with Crippen molar-refractivity contribution in [2.24, 2.45) is 0 Å². The summed E-state index contributed by atoms with van der Waals surface area (Å²) in [7, 11) is 3.25. The van der Waals surface area contributed by atoms with Crippen LogP contribution in [-0.4, -0.2) is 19.2 Å². The van der Waals surface area contributed by atoms with Gasteiger partial charge in [0.05, 0.1) is 19.8 Å². The van der Waals surface area contributed by atoms with Crippen LogP contribution in [0.2, 0.25) is 0 Å². The Hall–Kier alpha value is -4.77. The minimum absolute atomic E-state index is 0.372. The van der Waals surface area contributed by atoms with E-state index >= 15 is 0 Å². The fourth-order valence-corrected chi connectivity index (χ4v) is 4.26. The molecular formula is C33H29NO4. The van der Waals surface area contributed by atoms with E-state index in [0.717, 1.165) is 33.4 Å². The van der Waals surface area contributed by atoms with E-state index in [1.807, 2.05) is 103 Å². The summed E-state index contributed by atoms with van der Waals surface area (Å²) in [5.41, 5.74) is 5.58. The maximum atomic E-state index is 6.59. The highest BCUT2D eigenvalue weighted by atomic mass is 16.5. The first kappa shape index (κ1) is 24.9. The third kappa shape index (κ3) is 5.62. The van der Waals surface area contributed by atoms with Gasteiger partial charge >= 0.3 is 0 Å². The molecule has 0 aliphatic rings. The van der Waals surface area contributed by atoms with Gasteiger partial charge in [0, 0.05) is 11.8 Å². The van der Waals surface area contributed by atoms with Crippen molar-refractivity contribution in [3.05, 3.63) is 127 Å². The SMILES string of the molecule is COc1ccc(-c2c(OCc3ccccc3)ncc(-c3ccccc3)c2OCc2ccccc2)cc1OC. The molecule has 1 aromatic heterocycles. The number of hydrogen-bond donors (Lipinski definition) is 0. The molecule has 4 aromatic carbocycles. The summed E-state index contributed by atoms with van der Waals surface area (Å²) < 4.78 is 24.0. The van der Waals surface area contributed by atoms with Gasteiger partial charge in [-0.1, -0.05) is 97.1 Å². The van der Waals surface area contributed by atoms with Crippen LogP contribution in [0.5, 0.6) is 23.1 Å². The number of aromatic nitrogens is 1. The molecule has 5 heteroatoms. The van der Waals surface area contributed by atoms with Crippen molar-refractivity contribution < 1.29 is 18.9 Å². The van der Waals surface area contributed by atoms with Gasteiger partial charge < -0.3 is 18.9 Å². The Balaban J connectivity index is 1.67. The molecule has 0 unspecified atom stereocenters. The maximum absolute atomic E-state index is 6.59. The van der Waals surface area contributed by atoms with Crippen LogP contribution >= 0.6 is 0 Å². The van der Waals surface area contributed by atoms with Crippen LogP contribution in [0.25, 0.3) is 22.3 Å². The lowest BCUT2D eigenvalue weighted by Crippen LogP contribution is -2.04. The predicted molar refractivity (Wildman–Crippen MR) is 150 cm³/mol. The molecule has 0 aliphatic heterocycles. The highest BCUT2D eigenvalue weighted by Crippen LogP contribution is 2.46. The summed E-state index contributed by atoms with van der Waals surface area (Å²) >= 11 is 0. The van der Waals surface area contributed by atoms with Gasteiger partial charge in [-0.2, -0.15) is 0 Å². The summed E-state index contributed by atoms with van der Waals surface area (Å²) in [6.07, 6.45) is 1.82. The van der Waals surface area contributed by atoms with E-state index in [9.17, 15) is 0 Å². The van der Waals surface area contributed by atoms with Gasteiger partial charge in [-0.15, -0.1) is 0 Å². The van der Waals surface area contributed by atoms with Crippen LogP contribution in [-0.2, 0) is 13.2 Å². The number of pyridine rings is 1. The van der Waals surface area contributed by atoms with Crippen LogP contribution in [0.15, 0.2) is 115 Å². The maximum Gasteiger partial charge on any atom is 0.225 e. The third-order valence-electron chi connectivity index (χ3n) is 6.20. The Labute approximate surface area is 223 Å². The Kier molecular flexibility index (Phi) is 7.85. The van der Waals surface area contributed by atoms with Crippen LogP contribution in [0.1, 0.15) is 11.1 Å². The summed E-state index contributed by atoms with van der Waals surface area (Å²) in [6.45, 7) is 0.764. The Morgan fingerprint density at radius 2 is 1.16 bits per heavy atom. The van der Waals surface area contributed by atoms with E-state index < -0.39 is 0 Å². The minimum Gasteiger partial charge on any atom is -0.493 e. The Bertz CT molecular complexity index is 1470. The highest BCUT2D eigenvalue weighted by molar-refractivity contribution is 5.85. The summed E-state index contributed by atoms with van der Waals surface area (Å²) in [6, 6.07) is 36.0. The second-order valence-corrected chi connectivity index (χ2v) is 8.67. The lowest BCUT2D eigenvalue weighted by atomic mass is 9.99. The van der Waals surface area contributed by atoms with Crippen molar-refractivity contribution in [3.63, 3.8) is 0 Å². The van der Waals surface area contributed by atoms with Crippen molar-refractivity contribution >= 4 is 0 Å². The van der Waals surface area contributed by atoms with Crippen LogP contribution in [0, 0.1) is 0 Å². The van der Waals surface area contributed by atoms with Crippen molar-refractivity contribution in [1.29, 1.82) is 0 Å². The number of rotatable bonds is 10. The van der Waals surface area contributed by atoms with Crippen LogP contribution in [0.4, 0.5) is 0 Å². The van der Waals surface area contributed by atoms with Gasteiger partial charge in [-0.25, -0.2) is 4.98 Å². The molecule has 5 aromatic rings. The molecule has 0 aliphatic carbocycles.